The van der Waals surface area contributed by atoms with Gasteiger partial charge in [-0.1, -0.05) is 75.2 Å². The number of methoxy groups -OCH3 is 1. The van der Waals surface area contributed by atoms with Gasteiger partial charge in [-0.25, -0.2) is 31.9 Å². The van der Waals surface area contributed by atoms with Crippen LogP contribution in [-0.4, -0.2) is 64.4 Å². The minimum absolute atomic E-state index is 0.0205. The van der Waals surface area contributed by atoms with Crippen LogP contribution in [-0.2, 0) is 27.1 Å². The molecule has 0 amide bonds. The van der Waals surface area contributed by atoms with E-state index in [4.69, 9.17) is 32.7 Å². The molecule has 12 nitrogen and oxygen atoms in total. The van der Waals surface area contributed by atoms with Gasteiger partial charge in [-0.3, -0.25) is 9.59 Å². The summed E-state index contributed by atoms with van der Waals surface area (Å²) in [6.45, 7) is 8.46. The largest absolute Gasteiger partial charge is 0.508 e. The van der Waals surface area contributed by atoms with Crippen LogP contribution in [0.15, 0.2) is 82.6 Å². The predicted molar refractivity (Wildman–Crippen MR) is 241 cm³/mol. The number of pyridine rings is 2. The third-order valence-electron chi connectivity index (χ3n) is 10.9. The van der Waals surface area contributed by atoms with Gasteiger partial charge in [-0.15, -0.1) is 0 Å². The molecular formula is C48H46Cl2F4N2O10. The molecule has 350 valence electrons. The zero-order chi connectivity index (χ0) is 48.7. The molecule has 18 heteroatoms. The first-order chi connectivity index (χ1) is 31.2. The minimum Gasteiger partial charge on any atom is -0.477 e. The van der Waals surface area contributed by atoms with Crippen LogP contribution >= 0.6 is 23.2 Å². The number of hydrogen-bond acceptors (Lipinski definition) is 9. The second-order valence-electron chi connectivity index (χ2n) is 15.9. The summed E-state index contributed by atoms with van der Waals surface area (Å²) in [6.07, 6.45) is 1.16. The Bertz CT molecular complexity index is 2940. The van der Waals surface area contributed by atoms with Crippen molar-refractivity contribution in [1.29, 1.82) is 0 Å². The van der Waals surface area contributed by atoms with Crippen LogP contribution in [0.2, 0.25) is 10.0 Å². The summed E-state index contributed by atoms with van der Waals surface area (Å²) in [6, 6.07) is 12.4. The van der Waals surface area contributed by atoms with Crippen LogP contribution in [0.4, 0.5) is 22.4 Å². The van der Waals surface area contributed by atoms with E-state index in [0.29, 0.717) is 0 Å². The topological polar surface area (TPSA) is 163 Å². The average Bonchev–Trinajstić information content (AvgIpc) is 3.26. The lowest BCUT2D eigenvalue weighted by atomic mass is 9.99. The fourth-order valence-electron chi connectivity index (χ4n) is 7.36. The first-order valence-corrected chi connectivity index (χ1v) is 21.3. The highest BCUT2D eigenvalue weighted by molar-refractivity contribution is 6.31. The van der Waals surface area contributed by atoms with Crippen molar-refractivity contribution in [2.45, 2.75) is 59.5 Å². The standard InChI is InChI=1S/C26H26ClF2NO6.C22H20ClF2NO4/c1-5-35-25(32)18-12-30(22(14(2)3)13-36-26(33)34-4)21-11-20(28)16(10-17(21)24(18)31)9-15-7-6-8-19(27)23(15)29;1-11(2)19(10-27)26-9-15(22(29)30)21(28)14-7-13(17(24)8-18(14)26)6-12-4-3-5-16(23)20(12)25/h6-8,10-12,14,22H,5,9,13H2,1-4H3;3-5,7-9,11,19,27H,6,10H2,1-2H3,(H,29,30). The third kappa shape index (κ3) is 11.1. The molecule has 4 aromatic carbocycles. The van der Waals surface area contributed by atoms with Crippen molar-refractivity contribution in [2.24, 2.45) is 11.8 Å². The molecule has 0 saturated carbocycles. The SMILES string of the molecule is CC(C)C(CO)n1cc(C(=O)O)c(=O)c2cc(Cc3cccc(Cl)c3F)c(F)cc21.CCOC(=O)c1cn(C(COC(=O)OC)C(C)C)c2cc(F)c(Cc3cccc(Cl)c3F)cc2c1=O. The van der Waals surface area contributed by atoms with Crippen molar-refractivity contribution in [2.75, 3.05) is 26.9 Å². The zero-order valence-electron chi connectivity index (χ0n) is 36.6. The summed E-state index contributed by atoms with van der Waals surface area (Å²) < 4.78 is 76.6. The highest BCUT2D eigenvalue weighted by atomic mass is 35.5. The van der Waals surface area contributed by atoms with E-state index in [2.05, 4.69) is 4.74 Å². The van der Waals surface area contributed by atoms with Crippen molar-refractivity contribution in [3.8, 4) is 0 Å². The quantitative estimate of drug-likeness (QED) is 0.0794. The first kappa shape index (κ1) is 50.8. The Kier molecular flexibility index (Phi) is 16.8. The number of ether oxygens (including phenoxy) is 3. The second kappa shape index (κ2) is 21.8. The number of rotatable bonds is 14. The summed E-state index contributed by atoms with van der Waals surface area (Å²) in [7, 11) is 1.17. The summed E-state index contributed by atoms with van der Waals surface area (Å²) >= 11 is 11.6. The van der Waals surface area contributed by atoms with E-state index in [1.807, 2.05) is 27.7 Å². The minimum atomic E-state index is -1.43. The number of aliphatic hydroxyl groups excluding tert-OH is 1. The van der Waals surface area contributed by atoms with Gasteiger partial charge in [0.15, 0.2) is 0 Å². The molecule has 2 aromatic heterocycles. The summed E-state index contributed by atoms with van der Waals surface area (Å²) in [5.74, 6) is -5.30. The molecule has 0 saturated heterocycles. The molecule has 0 aliphatic rings. The number of halogens is 6. The Morgan fingerprint density at radius 2 is 1.14 bits per heavy atom. The Morgan fingerprint density at radius 1 is 0.682 bits per heavy atom. The van der Waals surface area contributed by atoms with E-state index >= 15 is 4.39 Å². The van der Waals surface area contributed by atoms with Crippen LogP contribution in [0.25, 0.3) is 21.8 Å². The Hall–Kier alpha value is -6.23. The van der Waals surface area contributed by atoms with Gasteiger partial charge in [0.2, 0.25) is 10.9 Å². The van der Waals surface area contributed by atoms with E-state index in [1.54, 1.807) is 13.0 Å². The molecule has 2 heterocycles. The molecule has 0 aliphatic heterocycles. The number of fused-ring (bicyclic) bond motifs is 2. The number of carboxylic acid groups (broad SMARTS) is 1. The Morgan fingerprint density at radius 3 is 1.56 bits per heavy atom. The highest BCUT2D eigenvalue weighted by Crippen LogP contribution is 2.30. The number of carbonyl (C=O) groups excluding carboxylic acids is 2. The lowest BCUT2D eigenvalue weighted by molar-refractivity contribution is 0.0510. The Labute approximate surface area is 385 Å². The molecule has 6 rings (SSSR count). The normalized spacial score (nSPS) is 12.2. The first-order valence-electron chi connectivity index (χ1n) is 20.6. The maximum atomic E-state index is 15.3. The maximum absolute atomic E-state index is 15.3. The molecule has 2 atom stereocenters. The number of aromatic carboxylic acids is 1. The van der Waals surface area contributed by atoms with Crippen molar-refractivity contribution in [1.82, 2.24) is 9.13 Å². The summed E-state index contributed by atoms with van der Waals surface area (Å²) in [5.41, 5.74) is -1.50. The fourth-order valence-corrected chi connectivity index (χ4v) is 7.75. The van der Waals surface area contributed by atoms with Gasteiger partial charge in [0.1, 0.15) is 41.0 Å². The average molecular weight is 958 g/mol. The van der Waals surface area contributed by atoms with Gasteiger partial charge in [0.25, 0.3) is 0 Å². The molecule has 0 radical (unpaired) electrons. The molecule has 0 bridgehead atoms. The van der Waals surface area contributed by atoms with Gasteiger partial charge in [0, 0.05) is 36.0 Å². The third-order valence-corrected chi connectivity index (χ3v) is 11.5. The second-order valence-corrected chi connectivity index (χ2v) is 16.7. The highest BCUT2D eigenvalue weighted by Gasteiger charge is 2.26. The number of carboxylic acids is 1. The van der Waals surface area contributed by atoms with Crippen molar-refractivity contribution >= 4 is 63.1 Å². The molecule has 2 N–H and O–H groups in total. The molecular weight excluding hydrogens is 911 g/mol. The van der Waals surface area contributed by atoms with Crippen LogP contribution in [0.1, 0.15) is 89.7 Å². The fraction of sp³-hybridized carbons (Fsp3) is 0.312. The number of carbonyl (C=O) groups is 3. The monoisotopic (exact) mass is 956 g/mol. The van der Waals surface area contributed by atoms with Crippen molar-refractivity contribution in [3.63, 3.8) is 0 Å². The number of hydrogen-bond donors (Lipinski definition) is 2. The number of esters is 1. The Balaban J connectivity index is 0.000000251. The molecule has 6 aromatic rings. The van der Waals surface area contributed by atoms with E-state index in [1.165, 1.54) is 64.9 Å². The number of nitrogens with zero attached hydrogens (tertiary/aromatic N) is 2. The smallest absolute Gasteiger partial charge is 0.477 e. The van der Waals surface area contributed by atoms with Gasteiger partial charge >= 0.3 is 18.1 Å². The number of aliphatic hydroxyl groups is 1. The zero-order valence-corrected chi connectivity index (χ0v) is 38.1. The molecule has 0 fully saturated rings. The van der Waals surface area contributed by atoms with Crippen molar-refractivity contribution < 1.29 is 56.4 Å². The van der Waals surface area contributed by atoms with E-state index in [9.17, 15) is 47.4 Å². The van der Waals surface area contributed by atoms with Crippen LogP contribution in [0, 0.1) is 35.1 Å². The lowest BCUT2D eigenvalue weighted by Gasteiger charge is -2.26. The number of aromatic nitrogens is 2. The van der Waals surface area contributed by atoms with Gasteiger partial charge in [-0.2, -0.15) is 0 Å². The van der Waals surface area contributed by atoms with Crippen LogP contribution in [0.3, 0.4) is 0 Å². The van der Waals surface area contributed by atoms with Gasteiger partial charge in [-0.05, 0) is 77.4 Å². The molecule has 0 spiro atoms. The lowest BCUT2D eigenvalue weighted by Crippen LogP contribution is -2.28. The van der Waals surface area contributed by atoms with Gasteiger partial charge < -0.3 is 33.6 Å². The van der Waals surface area contributed by atoms with Crippen LogP contribution in [0.5, 0.6) is 0 Å². The number of benzene rings is 4. The molecule has 2 unspecified atom stereocenters. The van der Waals surface area contributed by atoms with E-state index in [-0.39, 0.29) is 104 Å². The van der Waals surface area contributed by atoms with Gasteiger partial charge in [0.05, 0.1) is 53.5 Å². The van der Waals surface area contributed by atoms with Crippen LogP contribution < -0.4 is 10.9 Å². The van der Waals surface area contributed by atoms with E-state index < -0.39 is 69.9 Å². The van der Waals surface area contributed by atoms with E-state index in [0.717, 1.165) is 18.3 Å². The predicted octanol–water partition coefficient (Wildman–Crippen LogP) is 10.1. The molecule has 0 aliphatic carbocycles. The molecule has 66 heavy (non-hydrogen) atoms. The van der Waals surface area contributed by atoms with Crippen molar-refractivity contribution in [3.05, 3.63) is 160 Å². The summed E-state index contributed by atoms with van der Waals surface area (Å²) in [4.78, 5) is 61.9. The summed E-state index contributed by atoms with van der Waals surface area (Å²) in [5, 5.41) is 19.0. The maximum Gasteiger partial charge on any atom is 0.508 e.